The van der Waals surface area contributed by atoms with Gasteiger partial charge >= 0.3 is 5.97 Å². The van der Waals surface area contributed by atoms with Crippen LogP contribution in [0.25, 0.3) is 11.1 Å². The van der Waals surface area contributed by atoms with Gasteiger partial charge in [-0.1, -0.05) is 24.3 Å². The molecule has 0 spiro atoms. The predicted octanol–water partition coefficient (Wildman–Crippen LogP) is 2.69. The number of ether oxygens (including phenoxy) is 2. The number of rotatable bonds is 5. The molecule has 7 heteroatoms. The molecule has 2 heterocycles. The summed E-state index contributed by atoms with van der Waals surface area (Å²) in [5.74, 6) is 0.360. The van der Waals surface area contributed by atoms with E-state index in [0.717, 1.165) is 0 Å². The Morgan fingerprint density at radius 2 is 1.96 bits per heavy atom. The summed E-state index contributed by atoms with van der Waals surface area (Å²) in [4.78, 5) is 29.9. The molecular formula is C19H16N2O5. The van der Waals surface area contributed by atoms with E-state index in [2.05, 4.69) is 4.98 Å². The Morgan fingerprint density at radius 3 is 2.85 bits per heavy atom. The van der Waals surface area contributed by atoms with E-state index in [1.807, 2.05) is 30.3 Å². The van der Waals surface area contributed by atoms with Crippen molar-refractivity contribution in [2.45, 2.75) is 13.0 Å². The third-order valence-corrected chi connectivity index (χ3v) is 4.04. The van der Waals surface area contributed by atoms with Crippen LogP contribution in [0, 0.1) is 0 Å². The van der Waals surface area contributed by atoms with Gasteiger partial charge < -0.3 is 18.8 Å². The zero-order valence-corrected chi connectivity index (χ0v) is 13.9. The molecule has 0 radical (unpaired) electrons. The molecule has 0 aliphatic carbocycles. The van der Waals surface area contributed by atoms with Crippen molar-refractivity contribution >= 4 is 28.7 Å². The quantitative estimate of drug-likeness (QED) is 0.657. The molecule has 132 valence electrons. The fourth-order valence-electron chi connectivity index (χ4n) is 2.80. The third-order valence-electron chi connectivity index (χ3n) is 4.04. The number of carbonyl (C=O) groups excluding carboxylic acids is 2. The lowest BCUT2D eigenvalue weighted by molar-refractivity contribution is -0.145. The number of benzene rings is 2. The largest absolute Gasteiger partial charge is 0.482 e. The minimum Gasteiger partial charge on any atom is -0.482 e. The molecule has 0 N–H and O–H groups in total. The number of hydrogen-bond donors (Lipinski definition) is 0. The van der Waals surface area contributed by atoms with E-state index in [1.54, 1.807) is 23.1 Å². The van der Waals surface area contributed by atoms with Crippen molar-refractivity contribution in [1.29, 1.82) is 0 Å². The van der Waals surface area contributed by atoms with Crippen LogP contribution >= 0.6 is 0 Å². The average Bonchev–Trinajstić information content (AvgIpc) is 3.08. The lowest BCUT2D eigenvalue weighted by Gasteiger charge is -2.28. The van der Waals surface area contributed by atoms with Crippen LogP contribution in [0.15, 0.2) is 52.9 Å². The molecule has 2 aromatic carbocycles. The Kier molecular flexibility index (Phi) is 4.27. The first-order chi connectivity index (χ1) is 12.7. The first kappa shape index (κ1) is 16.1. The van der Waals surface area contributed by atoms with Gasteiger partial charge in [-0.2, -0.15) is 0 Å². The number of nitrogens with zero attached hydrogens (tertiary/aromatic N) is 2. The second-order valence-corrected chi connectivity index (χ2v) is 5.79. The normalized spacial score (nSPS) is 13.4. The molecule has 0 saturated carbocycles. The van der Waals surface area contributed by atoms with Gasteiger partial charge in [-0.05, 0) is 24.3 Å². The van der Waals surface area contributed by atoms with Gasteiger partial charge in [0, 0.05) is 6.54 Å². The van der Waals surface area contributed by atoms with E-state index >= 15 is 0 Å². The Morgan fingerprint density at radius 1 is 1.15 bits per heavy atom. The van der Waals surface area contributed by atoms with Crippen LogP contribution in [0.2, 0.25) is 0 Å². The molecule has 4 rings (SSSR count). The summed E-state index contributed by atoms with van der Waals surface area (Å²) in [5.41, 5.74) is 2.03. The summed E-state index contributed by atoms with van der Waals surface area (Å²) in [7, 11) is 0. The van der Waals surface area contributed by atoms with Crippen molar-refractivity contribution in [1.82, 2.24) is 4.98 Å². The summed E-state index contributed by atoms with van der Waals surface area (Å²) in [5, 5.41) is 0. The highest BCUT2D eigenvalue weighted by Gasteiger charge is 2.25. The first-order valence-corrected chi connectivity index (χ1v) is 8.23. The van der Waals surface area contributed by atoms with E-state index in [4.69, 9.17) is 13.9 Å². The van der Waals surface area contributed by atoms with Gasteiger partial charge in [-0.3, -0.25) is 9.59 Å². The second kappa shape index (κ2) is 6.87. The number of amides is 1. The van der Waals surface area contributed by atoms with Crippen LogP contribution in [-0.4, -0.2) is 30.0 Å². The predicted molar refractivity (Wildman–Crippen MR) is 92.7 cm³/mol. The maximum absolute atomic E-state index is 12.1. The highest BCUT2D eigenvalue weighted by Crippen LogP contribution is 2.31. The smallest absolute Gasteiger partial charge is 0.308 e. The van der Waals surface area contributed by atoms with Crippen molar-refractivity contribution in [3.05, 3.63) is 54.4 Å². The summed E-state index contributed by atoms with van der Waals surface area (Å²) < 4.78 is 16.1. The maximum Gasteiger partial charge on any atom is 0.308 e. The van der Waals surface area contributed by atoms with Crippen LogP contribution in [0.3, 0.4) is 0 Å². The third kappa shape index (κ3) is 3.23. The molecular weight excluding hydrogens is 336 g/mol. The van der Waals surface area contributed by atoms with Gasteiger partial charge in [0.25, 0.3) is 5.91 Å². The molecule has 0 saturated heterocycles. The number of aromatic nitrogens is 1. The molecule has 0 bridgehead atoms. The van der Waals surface area contributed by atoms with Gasteiger partial charge in [0.2, 0.25) is 5.89 Å². The Hall–Kier alpha value is -3.35. The molecule has 1 amide bonds. The summed E-state index contributed by atoms with van der Waals surface area (Å²) in [6.45, 7) is 0.154. The number of hydrogen-bond acceptors (Lipinski definition) is 6. The standard InChI is InChI=1S/C19H16N2O5/c22-18-12-24-16-8-4-2-6-14(16)21(18)10-9-19(23)25-11-17-20-13-5-1-3-7-15(13)26-17/h1-8H,9-12H2. The van der Waals surface area contributed by atoms with Crippen molar-refractivity contribution in [2.75, 3.05) is 18.1 Å². The number of para-hydroxylation sites is 4. The van der Waals surface area contributed by atoms with Crippen molar-refractivity contribution < 1.29 is 23.5 Å². The molecule has 1 aliphatic rings. The Labute approximate surface area is 149 Å². The molecule has 0 unspecified atom stereocenters. The van der Waals surface area contributed by atoms with Gasteiger partial charge in [0.1, 0.15) is 11.3 Å². The zero-order valence-electron chi connectivity index (χ0n) is 13.9. The molecule has 1 aromatic heterocycles. The lowest BCUT2D eigenvalue weighted by atomic mass is 10.2. The highest BCUT2D eigenvalue weighted by molar-refractivity contribution is 5.98. The number of oxazole rings is 1. The van der Waals surface area contributed by atoms with Gasteiger partial charge in [0.15, 0.2) is 18.8 Å². The van der Waals surface area contributed by atoms with E-state index in [1.165, 1.54) is 0 Å². The Bertz CT molecular complexity index is 932. The Balaban J connectivity index is 1.34. The molecule has 3 aromatic rings. The van der Waals surface area contributed by atoms with Crippen LogP contribution in [-0.2, 0) is 20.9 Å². The van der Waals surface area contributed by atoms with Gasteiger partial charge in [0.05, 0.1) is 12.1 Å². The first-order valence-electron chi connectivity index (χ1n) is 8.23. The molecule has 1 aliphatic heterocycles. The number of esters is 1. The molecule has 7 nitrogen and oxygen atoms in total. The molecule has 26 heavy (non-hydrogen) atoms. The van der Waals surface area contributed by atoms with E-state index in [-0.39, 0.29) is 32.1 Å². The number of fused-ring (bicyclic) bond motifs is 2. The fourth-order valence-corrected chi connectivity index (χ4v) is 2.80. The average molecular weight is 352 g/mol. The van der Waals surface area contributed by atoms with Crippen molar-refractivity contribution in [3.8, 4) is 5.75 Å². The second-order valence-electron chi connectivity index (χ2n) is 5.79. The highest BCUT2D eigenvalue weighted by atomic mass is 16.5. The topological polar surface area (TPSA) is 81.9 Å². The SMILES string of the molecule is O=C(CCN1C(=O)COc2ccccc21)OCc1nc2ccccc2o1. The lowest BCUT2D eigenvalue weighted by Crippen LogP contribution is -2.40. The molecule has 0 fully saturated rings. The minimum atomic E-state index is -0.427. The van der Waals surface area contributed by atoms with E-state index in [9.17, 15) is 9.59 Å². The van der Waals surface area contributed by atoms with E-state index < -0.39 is 5.97 Å². The fraction of sp³-hybridized carbons (Fsp3) is 0.211. The van der Waals surface area contributed by atoms with E-state index in [0.29, 0.717) is 28.4 Å². The summed E-state index contributed by atoms with van der Waals surface area (Å²) in [6.07, 6.45) is 0.0697. The maximum atomic E-state index is 12.1. The van der Waals surface area contributed by atoms with Crippen LogP contribution < -0.4 is 9.64 Å². The van der Waals surface area contributed by atoms with Crippen LogP contribution in [0.4, 0.5) is 5.69 Å². The van der Waals surface area contributed by atoms with Crippen LogP contribution in [0.1, 0.15) is 12.3 Å². The van der Waals surface area contributed by atoms with Gasteiger partial charge in [-0.15, -0.1) is 0 Å². The molecule has 0 atom stereocenters. The van der Waals surface area contributed by atoms with Crippen molar-refractivity contribution in [2.24, 2.45) is 0 Å². The van der Waals surface area contributed by atoms with Crippen molar-refractivity contribution in [3.63, 3.8) is 0 Å². The minimum absolute atomic E-state index is 0.0328. The number of carbonyl (C=O) groups is 2. The summed E-state index contributed by atoms with van der Waals surface area (Å²) >= 11 is 0. The zero-order chi connectivity index (χ0) is 17.9. The monoisotopic (exact) mass is 352 g/mol. The number of anilines is 1. The summed E-state index contributed by atoms with van der Waals surface area (Å²) in [6, 6.07) is 14.6. The van der Waals surface area contributed by atoms with Gasteiger partial charge in [-0.25, -0.2) is 4.98 Å². The van der Waals surface area contributed by atoms with Crippen LogP contribution in [0.5, 0.6) is 5.75 Å².